The molecule has 1 aromatic rings. The molecule has 1 aliphatic heterocycles. The average Bonchev–Trinajstić information content (AvgIpc) is 2.61. The summed E-state index contributed by atoms with van der Waals surface area (Å²) in [5.41, 5.74) is 1.50. The molecule has 1 aliphatic rings. The summed E-state index contributed by atoms with van der Waals surface area (Å²) in [4.78, 5) is 23.9. The molecule has 1 atom stereocenters. The number of esters is 1. The number of ether oxygens (including phenoxy) is 3. The molecule has 138 valence electrons. The molecule has 1 heterocycles. The first-order chi connectivity index (χ1) is 12.1. The molecule has 0 spiro atoms. The Kier molecular flexibility index (Phi) is 7.99. The number of carbonyl (C=O) groups is 2. The van der Waals surface area contributed by atoms with Crippen molar-refractivity contribution in [3.63, 3.8) is 0 Å². The molecule has 0 aromatic heterocycles. The molecule has 6 heteroatoms. The Morgan fingerprint density at radius 2 is 2.16 bits per heavy atom. The summed E-state index contributed by atoms with van der Waals surface area (Å²) in [6, 6.07) is 3.49. The molecule has 1 unspecified atom stereocenters. The van der Waals surface area contributed by atoms with Gasteiger partial charge in [-0.25, -0.2) is 4.79 Å². The number of methoxy groups -OCH3 is 1. The van der Waals surface area contributed by atoms with Crippen LogP contribution in [-0.2, 0) is 16.0 Å². The maximum Gasteiger partial charge on any atom is 0.343 e. The second-order valence-corrected chi connectivity index (χ2v) is 7.16. The van der Waals surface area contributed by atoms with E-state index in [1.54, 1.807) is 12.1 Å². The van der Waals surface area contributed by atoms with Crippen molar-refractivity contribution in [2.24, 2.45) is 0 Å². The topological polar surface area (TPSA) is 61.8 Å². The first-order valence-electron chi connectivity index (χ1n) is 8.72. The number of hydrogen-bond donors (Lipinski definition) is 0. The zero-order chi connectivity index (χ0) is 18.2. The van der Waals surface area contributed by atoms with Crippen LogP contribution >= 0.6 is 22.6 Å². The van der Waals surface area contributed by atoms with Gasteiger partial charge in [0.2, 0.25) is 0 Å². The van der Waals surface area contributed by atoms with Gasteiger partial charge in [0, 0.05) is 12.0 Å². The van der Waals surface area contributed by atoms with E-state index in [0.29, 0.717) is 23.5 Å². The van der Waals surface area contributed by atoms with Crippen molar-refractivity contribution >= 4 is 34.3 Å². The van der Waals surface area contributed by atoms with E-state index in [-0.39, 0.29) is 18.5 Å². The summed E-state index contributed by atoms with van der Waals surface area (Å²) in [7, 11) is 1.33. The van der Waals surface area contributed by atoms with Gasteiger partial charge >= 0.3 is 5.97 Å². The van der Waals surface area contributed by atoms with Crippen LogP contribution in [0.1, 0.15) is 54.9 Å². The normalized spacial score (nSPS) is 16.1. The van der Waals surface area contributed by atoms with Crippen molar-refractivity contribution in [1.29, 1.82) is 0 Å². The number of carbonyl (C=O) groups excluding carboxylic acids is 2. The lowest BCUT2D eigenvalue weighted by molar-refractivity contribution is -0.142. The number of rotatable bonds is 9. The number of benzene rings is 1. The average molecular weight is 460 g/mol. The fraction of sp³-hybridized carbons (Fsp3) is 0.579. The number of alkyl halides is 1. The monoisotopic (exact) mass is 460 g/mol. The Morgan fingerprint density at radius 1 is 1.36 bits per heavy atom. The smallest absolute Gasteiger partial charge is 0.343 e. The molecule has 0 amide bonds. The lowest BCUT2D eigenvalue weighted by Gasteiger charge is -2.28. The highest BCUT2D eigenvalue weighted by Gasteiger charge is 2.29. The second-order valence-electron chi connectivity index (χ2n) is 6.09. The molecule has 1 aromatic carbocycles. The Hall–Kier alpha value is -1.31. The molecule has 0 radical (unpaired) electrons. The number of Topliss-reactive ketones (excluding diaryl/α,β-unsaturated/α-hetero) is 1. The van der Waals surface area contributed by atoms with E-state index in [4.69, 9.17) is 9.47 Å². The summed E-state index contributed by atoms with van der Waals surface area (Å²) in [5.74, 6) is 0.915. The number of ketones is 1. The molecule has 0 fully saturated rings. The number of halogens is 1. The van der Waals surface area contributed by atoms with Crippen LogP contribution in [0.4, 0.5) is 0 Å². The Balaban J connectivity index is 2.24. The Labute approximate surface area is 162 Å². The van der Waals surface area contributed by atoms with E-state index in [2.05, 4.69) is 34.3 Å². The van der Waals surface area contributed by atoms with Crippen LogP contribution in [0.15, 0.2) is 12.1 Å². The van der Waals surface area contributed by atoms with Gasteiger partial charge in [-0.1, -0.05) is 35.9 Å². The van der Waals surface area contributed by atoms with Crippen LogP contribution in [0.5, 0.6) is 11.5 Å². The van der Waals surface area contributed by atoms with Crippen molar-refractivity contribution in [2.75, 3.05) is 18.1 Å². The standard InChI is InChI=1S/C19H25IO5/c1-3-6-15-17(24-12-18(22)23-2)9-8-14-16(21)11-13(25-19(14)15)7-4-5-10-20/h8-9,13H,3-7,10-12H2,1-2H3. The largest absolute Gasteiger partial charge is 0.489 e. The minimum Gasteiger partial charge on any atom is -0.489 e. The summed E-state index contributed by atoms with van der Waals surface area (Å²) in [6.45, 7) is 1.91. The summed E-state index contributed by atoms with van der Waals surface area (Å²) < 4.78 is 17.5. The maximum atomic E-state index is 12.5. The highest BCUT2D eigenvalue weighted by molar-refractivity contribution is 14.1. The second kappa shape index (κ2) is 9.99. The predicted molar refractivity (Wildman–Crippen MR) is 104 cm³/mol. The Morgan fingerprint density at radius 3 is 2.84 bits per heavy atom. The van der Waals surface area contributed by atoms with Crippen LogP contribution in [0.3, 0.4) is 0 Å². The third-order valence-corrected chi connectivity index (χ3v) is 4.96. The van der Waals surface area contributed by atoms with Gasteiger partial charge in [-0.15, -0.1) is 0 Å². The quantitative estimate of drug-likeness (QED) is 0.240. The van der Waals surface area contributed by atoms with Crippen LogP contribution in [-0.4, -0.2) is 36.0 Å². The lowest BCUT2D eigenvalue weighted by Crippen LogP contribution is -2.28. The fourth-order valence-corrected chi connectivity index (χ4v) is 3.47. The predicted octanol–water partition coefficient (Wildman–Crippen LogP) is 4.13. The van der Waals surface area contributed by atoms with Gasteiger partial charge in [0.25, 0.3) is 0 Å². The van der Waals surface area contributed by atoms with Crippen LogP contribution in [0.2, 0.25) is 0 Å². The van der Waals surface area contributed by atoms with E-state index in [9.17, 15) is 9.59 Å². The summed E-state index contributed by atoms with van der Waals surface area (Å²) in [5, 5.41) is 0. The molecule has 25 heavy (non-hydrogen) atoms. The van der Waals surface area contributed by atoms with Gasteiger partial charge in [-0.2, -0.15) is 0 Å². The maximum absolute atomic E-state index is 12.5. The van der Waals surface area contributed by atoms with E-state index in [1.165, 1.54) is 7.11 Å². The minimum atomic E-state index is -0.436. The Bertz CT molecular complexity index is 614. The molecule has 0 N–H and O–H groups in total. The third-order valence-electron chi connectivity index (χ3n) is 4.20. The van der Waals surface area contributed by atoms with Gasteiger partial charge in [-0.3, -0.25) is 4.79 Å². The number of fused-ring (bicyclic) bond motifs is 1. The van der Waals surface area contributed by atoms with Gasteiger partial charge in [0.15, 0.2) is 12.4 Å². The first kappa shape index (κ1) is 20.0. The molecular formula is C19H25IO5. The van der Waals surface area contributed by atoms with Crippen molar-refractivity contribution in [3.05, 3.63) is 23.3 Å². The molecule has 0 saturated heterocycles. The highest BCUT2D eigenvalue weighted by atomic mass is 127. The van der Waals surface area contributed by atoms with Crippen LogP contribution < -0.4 is 9.47 Å². The zero-order valence-corrected chi connectivity index (χ0v) is 17.0. The summed E-state index contributed by atoms with van der Waals surface area (Å²) >= 11 is 2.36. The van der Waals surface area contributed by atoms with Gasteiger partial charge in [0.1, 0.15) is 17.6 Å². The van der Waals surface area contributed by atoms with Gasteiger partial charge in [-0.05, 0) is 42.2 Å². The highest BCUT2D eigenvalue weighted by Crippen LogP contribution is 2.38. The first-order valence-corrected chi connectivity index (χ1v) is 10.2. The van der Waals surface area contributed by atoms with Gasteiger partial charge in [0.05, 0.1) is 12.7 Å². The van der Waals surface area contributed by atoms with E-state index < -0.39 is 5.97 Å². The van der Waals surface area contributed by atoms with Gasteiger partial charge < -0.3 is 14.2 Å². The van der Waals surface area contributed by atoms with Crippen molar-refractivity contribution in [2.45, 2.75) is 51.6 Å². The van der Waals surface area contributed by atoms with Crippen molar-refractivity contribution in [1.82, 2.24) is 0 Å². The molecule has 0 bridgehead atoms. The van der Waals surface area contributed by atoms with Crippen molar-refractivity contribution < 1.29 is 23.8 Å². The number of hydrogen-bond acceptors (Lipinski definition) is 5. The molecule has 2 rings (SSSR count). The summed E-state index contributed by atoms with van der Waals surface area (Å²) in [6.07, 6.45) is 5.04. The number of unbranched alkanes of at least 4 members (excludes halogenated alkanes) is 1. The SMILES string of the molecule is CCCc1c(OCC(=O)OC)ccc2c1OC(CCCCI)CC2=O. The van der Waals surface area contributed by atoms with Crippen LogP contribution in [0, 0.1) is 0 Å². The molecule has 5 nitrogen and oxygen atoms in total. The molecule has 0 aliphatic carbocycles. The zero-order valence-electron chi connectivity index (χ0n) is 14.8. The fourth-order valence-electron chi connectivity index (χ4n) is 2.93. The van der Waals surface area contributed by atoms with E-state index >= 15 is 0 Å². The van der Waals surface area contributed by atoms with Crippen molar-refractivity contribution in [3.8, 4) is 11.5 Å². The van der Waals surface area contributed by atoms with Crippen LogP contribution in [0.25, 0.3) is 0 Å². The van der Waals surface area contributed by atoms with E-state index in [1.807, 2.05) is 0 Å². The third kappa shape index (κ3) is 5.33. The molecular weight excluding hydrogens is 435 g/mol. The minimum absolute atomic E-state index is 0.0746. The lowest BCUT2D eigenvalue weighted by atomic mass is 9.94. The molecule has 0 saturated carbocycles. The van der Waals surface area contributed by atoms with E-state index in [0.717, 1.165) is 42.1 Å².